The second kappa shape index (κ2) is 4.79. The third-order valence-corrected chi connectivity index (χ3v) is 5.93. The van der Waals surface area contributed by atoms with Gasteiger partial charge in [0.05, 0.1) is 0 Å². The maximum atomic E-state index is 11.6. The van der Waals surface area contributed by atoms with E-state index in [0.29, 0.717) is 23.4 Å². The molecule has 0 spiro atoms. The molecule has 2 heteroatoms. The molecule has 0 saturated heterocycles. The Morgan fingerprint density at radius 1 is 1.00 bits per heavy atom. The molecule has 0 bridgehead atoms. The fraction of sp³-hybridized carbons (Fsp3) is 0.875. The summed E-state index contributed by atoms with van der Waals surface area (Å²) in [7, 11) is 0. The molecule has 0 radical (unpaired) electrons. The molecule has 100 valence electrons. The molecule has 5 unspecified atom stereocenters. The molecule has 3 fully saturated rings. The highest BCUT2D eigenvalue weighted by Crippen LogP contribution is 2.51. The SMILES string of the molecule is CC(=O)C1CCC2C(CCC3CC(=O)CCC32)C1. The molecule has 3 saturated carbocycles. The summed E-state index contributed by atoms with van der Waals surface area (Å²) < 4.78 is 0. The van der Waals surface area contributed by atoms with Gasteiger partial charge in [-0.3, -0.25) is 9.59 Å². The highest BCUT2D eigenvalue weighted by atomic mass is 16.1. The van der Waals surface area contributed by atoms with Crippen LogP contribution in [0.2, 0.25) is 0 Å². The highest BCUT2D eigenvalue weighted by molar-refractivity contribution is 5.79. The first-order valence-corrected chi connectivity index (χ1v) is 7.67. The van der Waals surface area contributed by atoms with E-state index < -0.39 is 0 Å². The van der Waals surface area contributed by atoms with E-state index in [1.807, 2.05) is 0 Å². The van der Waals surface area contributed by atoms with Crippen LogP contribution in [0.15, 0.2) is 0 Å². The van der Waals surface area contributed by atoms with Gasteiger partial charge in [-0.1, -0.05) is 0 Å². The summed E-state index contributed by atoms with van der Waals surface area (Å²) in [5.74, 6) is 4.32. The predicted molar refractivity (Wildman–Crippen MR) is 70.1 cm³/mol. The van der Waals surface area contributed by atoms with Gasteiger partial charge in [-0.15, -0.1) is 0 Å². The van der Waals surface area contributed by atoms with Gasteiger partial charge in [0.25, 0.3) is 0 Å². The van der Waals surface area contributed by atoms with Gasteiger partial charge in [0.1, 0.15) is 11.6 Å². The van der Waals surface area contributed by atoms with Crippen LogP contribution in [0.1, 0.15) is 58.3 Å². The quantitative estimate of drug-likeness (QED) is 0.713. The van der Waals surface area contributed by atoms with Crippen molar-refractivity contribution < 1.29 is 9.59 Å². The Kier molecular flexibility index (Phi) is 3.29. The molecule has 0 aliphatic heterocycles. The summed E-state index contributed by atoms with van der Waals surface area (Å²) in [6.45, 7) is 1.76. The Morgan fingerprint density at radius 3 is 2.50 bits per heavy atom. The Morgan fingerprint density at radius 2 is 1.72 bits per heavy atom. The van der Waals surface area contributed by atoms with Gasteiger partial charge < -0.3 is 0 Å². The van der Waals surface area contributed by atoms with Crippen LogP contribution in [0.25, 0.3) is 0 Å². The zero-order valence-electron chi connectivity index (χ0n) is 11.4. The van der Waals surface area contributed by atoms with Crippen molar-refractivity contribution in [3.8, 4) is 0 Å². The molecule has 0 aromatic heterocycles. The van der Waals surface area contributed by atoms with Crippen molar-refractivity contribution in [1.82, 2.24) is 0 Å². The number of Topliss-reactive ketones (excluding diaryl/α,β-unsaturated/α-hetero) is 2. The minimum absolute atomic E-state index is 0.341. The average Bonchev–Trinajstić information content (AvgIpc) is 2.37. The molecule has 3 aliphatic carbocycles. The van der Waals surface area contributed by atoms with E-state index in [0.717, 1.165) is 49.9 Å². The first-order chi connectivity index (χ1) is 8.65. The van der Waals surface area contributed by atoms with Gasteiger partial charge in [0.15, 0.2) is 0 Å². The third-order valence-electron chi connectivity index (χ3n) is 5.93. The van der Waals surface area contributed by atoms with E-state index in [2.05, 4.69) is 0 Å². The lowest BCUT2D eigenvalue weighted by atomic mass is 9.56. The van der Waals surface area contributed by atoms with Gasteiger partial charge in [-0.05, 0) is 69.1 Å². The van der Waals surface area contributed by atoms with Crippen LogP contribution in [0, 0.1) is 29.6 Å². The second-order valence-electron chi connectivity index (χ2n) is 6.83. The fourth-order valence-corrected chi connectivity index (χ4v) is 4.97. The average molecular weight is 248 g/mol. The van der Waals surface area contributed by atoms with Crippen molar-refractivity contribution in [3.63, 3.8) is 0 Å². The van der Waals surface area contributed by atoms with Crippen molar-refractivity contribution in [1.29, 1.82) is 0 Å². The smallest absolute Gasteiger partial charge is 0.133 e. The first kappa shape index (κ1) is 12.4. The highest BCUT2D eigenvalue weighted by Gasteiger charge is 2.44. The standard InChI is InChI=1S/C16H24O2/c1-10(17)11-4-6-15-12(8-11)2-3-13-9-14(18)5-7-16(13)15/h11-13,15-16H,2-9H2,1H3. The van der Waals surface area contributed by atoms with Crippen LogP contribution >= 0.6 is 0 Å². The minimum Gasteiger partial charge on any atom is -0.300 e. The largest absolute Gasteiger partial charge is 0.300 e. The number of fused-ring (bicyclic) bond motifs is 3. The number of ketones is 2. The molecule has 0 amide bonds. The number of hydrogen-bond acceptors (Lipinski definition) is 2. The van der Waals surface area contributed by atoms with Crippen LogP contribution in [-0.4, -0.2) is 11.6 Å². The van der Waals surface area contributed by atoms with Gasteiger partial charge in [0.2, 0.25) is 0 Å². The van der Waals surface area contributed by atoms with Crippen LogP contribution < -0.4 is 0 Å². The zero-order chi connectivity index (χ0) is 12.7. The molecule has 0 heterocycles. The van der Waals surface area contributed by atoms with Crippen molar-refractivity contribution in [2.24, 2.45) is 29.6 Å². The third kappa shape index (κ3) is 2.15. The number of carbonyl (C=O) groups excluding carboxylic acids is 2. The Balaban J connectivity index is 1.70. The Bertz CT molecular complexity index is 360. The van der Waals surface area contributed by atoms with Gasteiger partial charge in [0, 0.05) is 18.8 Å². The van der Waals surface area contributed by atoms with Crippen molar-refractivity contribution in [2.75, 3.05) is 0 Å². The summed E-state index contributed by atoms with van der Waals surface area (Å²) in [5, 5.41) is 0. The summed E-state index contributed by atoms with van der Waals surface area (Å²) in [5.41, 5.74) is 0. The second-order valence-corrected chi connectivity index (χ2v) is 6.83. The molecular weight excluding hydrogens is 224 g/mol. The van der Waals surface area contributed by atoms with Crippen LogP contribution in [0.5, 0.6) is 0 Å². The lowest BCUT2D eigenvalue weighted by molar-refractivity contribution is -0.126. The van der Waals surface area contributed by atoms with E-state index in [1.165, 1.54) is 19.3 Å². The molecular formula is C16H24O2. The Labute approximate surface area is 110 Å². The number of hydrogen-bond donors (Lipinski definition) is 0. The summed E-state index contributed by atoms with van der Waals surface area (Å²) in [4.78, 5) is 23.1. The number of carbonyl (C=O) groups is 2. The van der Waals surface area contributed by atoms with Crippen molar-refractivity contribution in [3.05, 3.63) is 0 Å². The van der Waals surface area contributed by atoms with Gasteiger partial charge in [-0.25, -0.2) is 0 Å². The molecule has 5 atom stereocenters. The first-order valence-electron chi connectivity index (χ1n) is 7.67. The fourth-order valence-electron chi connectivity index (χ4n) is 4.97. The molecule has 3 rings (SSSR count). The topological polar surface area (TPSA) is 34.1 Å². The van der Waals surface area contributed by atoms with Crippen LogP contribution in [-0.2, 0) is 9.59 Å². The summed E-state index contributed by atoms with van der Waals surface area (Å²) >= 11 is 0. The molecule has 0 aromatic rings. The summed E-state index contributed by atoms with van der Waals surface area (Å²) in [6.07, 6.45) is 8.79. The lowest BCUT2D eigenvalue weighted by Gasteiger charge is -2.48. The van der Waals surface area contributed by atoms with E-state index in [-0.39, 0.29) is 0 Å². The van der Waals surface area contributed by atoms with E-state index in [1.54, 1.807) is 6.92 Å². The van der Waals surface area contributed by atoms with E-state index in [4.69, 9.17) is 0 Å². The van der Waals surface area contributed by atoms with Crippen molar-refractivity contribution in [2.45, 2.75) is 58.3 Å². The van der Waals surface area contributed by atoms with Gasteiger partial charge >= 0.3 is 0 Å². The molecule has 3 aliphatic rings. The normalized spacial score (nSPS) is 44.1. The predicted octanol–water partition coefficient (Wildman–Crippen LogP) is 3.39. The lowest BCUT2D eigenvalue weighted by Crippen LogP contribution is -2.42. The summed E-state index contributed by atoms with van der Waals surface area (Å²) in [6, 6.07) is 0. The molecule has 2 nitrogen and oxygen atoms in total. The van der Waals surface area contributed by atoms with Gasteiger partial charge in [-0.2, -0.15) is 0 Å². The molecule has 0 aromatic carbocycles. The van der Waals surface area contributed by atoms with E-state index >= 15 is 0 Å². The molecule has 0 N–H and O–H groups in total. The van der Waals surface area contributed by atoms with Crippen LogP contribution in [0.4, 0.5) is 0 Å². The number of rotatable bonds is 1. The molecule has 18 heavy (non-hydrogen) atoms. The monoisotopic (exact) mass is 248 g/mol. The zero-order valence-corrected chi connectivity index (χ0v) is 11.4. The van der Waals surface area contributed by atoms with E-state index in [9.17, 15) is 9.59 Å². The maximum absolute atomic E-state index is 11.6. The minimum atomic E-state index is 0.341. The van der Waals surface area contributed by atoms with Crippen LogP contribution in [0.3, 0.4) is 0 Å². The van der Waals surface area contributed by atoms with Crippen molar-refractivity contribution >= 4 is 11.6 Å². The maximum Gasteiger partial charge on any atom is 0.133 e. The Hall–Kier alpha value is -0.660.